The maximum absolute atomic E-state index is 13.3. The summed E-state index contributed by atoms with van der Waals surface area (Å²) in [7, 11) is 1.49. The quantitative estimate of drug-likeness (QED) is 0.770. The first-order chi connectivity index (χ1) is 8.47. The van der Waals surface area contributed by atoms with Crippen molar-refractivity contribution < 1.29 is 18.0 Å². The summed E-state index contributed by atoms with van der Waals surface area (Å²) in [4.78, 5) is 12.8. The summed E-state index contributed by atoms with van der Waals surface area (Å²) >= 11 is 0. The zero-order chi connectivity index (χ0) is 13.3. The van der Waals surface area contributed by atoms with Crippen molar-refractivity contribution in [2.24, 2.45) is 7.05 Å². The lowest BCUT2D eigenvalue weighted by Gasteiger charge is -2.02. The number of aryl methyl sites for hydroxylation is 1. The van der Waals surface area contributed by atoms with Crippen LogP contribution in [-0.4, -0.2) is 26.0 Å². The second kappa shape index (κ2) is 4.55. The summed E-state index contributed by atoms with van der Waals surface area (Å²) in [6.07, 6.45) is -0.409. The van der Waals surface area contributed by atoms with Gasteiger partial charge in [-0.2, -0.15) is 4.80 Å². The Hall–Kier alpha value is -2.25. The Balaban J connectivity index is 2.29. The molecule has 0 saturated heterocycles. The Bertz CT molecular complexity index is 588. The molecule has 0 radical (unpaired) electrons. The minimum absolute atomic E-state index is 0.0330. The Morgan fingerprint density at radius 1 is 1.28 bits per heavy atom. The number of carbonyl (C=O) groups is 1. The van der Waals surface area contributed by atoms with Crippen LogP contribution in [0.2, 0.25) is 0 Å². The number of benzene rings is 1. The molecule has 94 valence electrons. The lowest BCUT2D eigenvalue weighted by Crippen LogP contribution is -2.11. The van der Waals surface area contributed by atoms with Gasteiger partial charge in [0.05, 0.1) is 19.0 Å². The van der Waals surface area contributed by atoms with E-state index in [1.54, 1.807) is 0 Å². The third-order valence-electron chi connectivity index (χ3n) is 2.15. The Labute approximate surface area is 99.2 Å². The highest BCUT2D eigenvalue weighted by Crippen LogP contribution is 2.16. The molecule has 2 aromatic rings. The molecular formula is C10H7F3N4O. The van der Waals surface area contributed by atoms with E-state index in [0.29, 0.717) is 12.1 Å². The molecule has 0 amide bonds. The van der Waals surface area contributed by atoms with Crippen molar-refractivity contribution in [2.75, 3.05) is 0 Å². The van der Waals surface area contributed by atoms with Gasteiger partial charge in [0.2, 0.25) is 0 Å². The number of carbonyl (C=O) groups excluding carboxylic acids is 1. The van der Waals surface area contributed by atoms with E-state index in [-0.39, 0.29) is 5.82 Å². The van der Waals surface area contributed by atoms with E-state index in [2.05, 4.69) is 15.4 Å². The van der Waals surface area contributed by atoms with Crippen molar-refractivity contribution in [1.82, 2.24) is 20.2 Å². The second-order valence-corrected chi connectivity index (χ2v) is 3.54. The summed E-state index contributed by atoms with van der Waals surface area (Å²) in [6.45, 7) is 0. The molecule has 0 N–H and O–H groups in total. The van der Waals surface area contributed by atoms with Gasteiger partial charge in [0.1, 0.15) is 17.5 Å². The van der Waals surface area contributed by atoms with Crippen molar-refractivity contribution in [3.63, 3.8) is 0 Å². The minimum atomic E-state index is -1.25. The first kappa shape index (κ1) is 12.2. The van der Waals surface area contributed by atoms with Crippen LogP contribution < -0.4 is 0 Å². The van der Waals surface area contributed by atoms with Crippen molar-refractivity contribution in [3.05, 3.63) is 41.0 Å². The largest absolute Gasteiger partial charge is 0.293 e. The van der Waals surface area contributed by atoms with E-state index in [9.17, 15) is 18.0 Å². The fourth-order valence-electron chi connectivity index (χ4n) is 1.43. The number of nitrogens with zero attached hydrogens (tertiary/aromatic N) is 4. The lowest BCUT2D eigenvalue weighted by atomic mass is 10.1. The maximum Gasteiger partial charge on any atom is 0.182 e. The minimum Gasteiger partial charge on any atom is -0.293 e. The third kappa shape index (κ3) is 2.36. The molecule has 0 bridgehead atoms. The number of aromatic nitrogens is 4. The van der Waals surface area contributed by atoms with Crippen molar-refractivity contribution in [1.29, 1.82) is 0 Å². The molecule has 8 heteroatoms. The van der Waals surface area contributed by atoms with E-state index >= 15 is 0 Å². The molecule has 0 unspecified atom stereocenters. The Morgan fingerprint density at radius 2 is 1.89 bits per heavy atom. The summed E-state index contributed by atoms with van der Waals surface area (Å²) in [5.41, 5.74) is -0.802. The van der Waals surface area contributed by atoms with E-state index < -0.39 is 35.2 Å². The predicted octanol–water partition coefficient (Wildman–Crippen LogP) is 1.05. The molecule has 0 saturated carbocycles. The first-order valence-electron chi connectivity index (χ1n) is 4.88. The molecule has 1 aromatic carbocycles. The van der Waals surface area contributed by atoms with Crippen LogP contribution in [0.15, 0.2) is 12.1 Å². The van der Waals surface area contributed by atoms with E-state index in [4.69, 9.17) is 0 Å². The fourth-order valence-corrected chi connectivity index (χ4v) is 1.43. The lowest BCUT2D eigenvalue weighted by molar-refractivity contribution is 0.0982. The fraction of sp³-hybridized carbons (Fsp3) is 0.200. The summed E-state index contributed by atoms with van der Waals surface area (Å²) in [6, 6.07) is 0.890. The van der Waals surface area contributed by atoms with Gasteiger partial charge in [-0.05, 0) is 5.21 Å². The third-order valence-corrected chi connectivity index (χ3v) is 2.15. The van der Waals surface area contributed by atoms with Crippen LogP contribution in [0.5, 0.6) is 0 Å². The summed E-state index contributed by atoms with van der Waals surface area (Å²) < 4.78 is 39.3. The molecule has 0 atom stereocenters. The molecule has 1 aromatic heterocycles. The number of rotatable bonds is 3. The second-order valence-electron chi connectivity index (χ2n) is 3.54. The standard InChI is InChI=1S/C10H7F3N4O/c1-17-15-9(14-16-17)4-8(18)10-6(12)2-5(11)3-7(10)13/h2-3H,4H2,1H3. The van der Waals surface area contributed by atoms with Gasteiger partial charge in [-0.25, -0.2) is 13.2 Å². The molecule has 0 aliphatic rings. The monoisotopic (exact) mass is 256 g/mol. The van der Waals surface area contributed by atoms with E-state index in [1.165, 1.54) is 7.05 Å². The highest BCUT2D eigenvalue weighted by molar-refractivity contribution is 5.97. The van der Waals surface area contributed by atoms with Gasteiger partial charge in [-0.15, -0.1) is 10.2 Å². The molecule has 0 aliphatic carbocycles. The molecule has 0 spiro atoms. The maximum atomic E-state index is 13.3. The van der Waals surface area contributed by atoms with Crippen LogP contribution in [0.25, 0.3) is 0 Å². The molecule has 2 rings (SSSR count). The summed E-state index contributed by atoms with van der Waals surface area (Å²) in [5, 5.41) is 10.7. The topological polar surface area (TPSA) is 60.7 Å². The van der Waals surface area contributed by atoms with Crippen LogP contribution in [0.1, 0.15) is 16.2 Å². The Morgan fingerprint density at radius 3 is 2.39 bits per heavy atom. The molecular weight excluding hydrogens is 249 g/mol. The predicted molar refractivity (Wildman–Crippen MR) is 53.1 cm³/mol. The molecule has 0 aliphatic heterocycles. The number of tetrazole rings is 1. The summed E-state index contributed by atoms with van der Waals surface area (Å²) in [5.74, 6) is -4.43. The van der Waals surface area contributed by atoms with Crippen molar-refractivity contribution in [2.45, 2.75) is 6.42 Å². The van der Waals surface area contributed by atoms with Gasteiger partial charge in [0.25, 0.3) is 0 Å². The average Bonchev–Trinajstić information content (AvgIpc) is 2.62. The molecule has 1 heterocycles. The zero-order valence-corrected chi connectivity index (χ0v) is 9.19. The van der Waals surface area contributed by atoms with E-state index in [0.717, 1.165) is 4.80 Å². The van der Waals surface area contributed by atoms with Gasteiger partial charge >= 0.3 is 0 Å². The average molecular weight is 256 g/mol. The van der Waals surface area contributed by atoms with Gasteiger partial charge in [-0.3, -0.25) is 4.79 Å². The van der Waals surface area contributed by atoms with Gasteiger partial charge in [0, 0.05) is 12.1 Å². The number of hydrogen-bond acceptors (Lipinski definition) is 4. The van der Waals surface area contributed by atoms with Crippen LogP contribution in [0.4, 0.5) is 13.2 Å². The van der Waals surface area contributed by atoms with Gasteiger partial charge < -0.3 is 0 Å². The zero-order valence-electron chi connectivity index (χ0n) is 9.19. The van der Waals surface area contributed by atoms with Gasteiger partial charge in [0.15, 0.2) is 11.6 Å². The Kier molecular flexibility index (Phi) is 3.09. The van der Waals surface area contributed by atoms with Crippen molar-refractivity contribution >= 4 is 5.78 Å². The number of halogens is 3. The molecule has 0 fully saturated rings. The smallest absolute Gasteiger partial charge is 0.182 e. The highest BCUT2D eigenvalue weighted by Gasteiger charge is 2.20. The number of ketones is 1. The molecule has 5 nitrogen and oxygen atoms in total. The first-order valence-corrected chi connectivity index (χ1v) is 4.88. The number of Topliss-reactive ketones (excluding diaryl/α,β-unsaturated/α-hetero) is 1. The van der Waals surface area contributed by atoms with Crippen LogP contribution in [0, 0.1) is 17.5 Å². The van der Waals surface area contributed by atoms with Crippen LogP contribution in [0.3, 0.4) is 0 Å². The molecule has 18 heavy (non-hydrogen) atoms. The highest BCUT2D eigenvalue weighted by atomic mass is 19.1. The van der Waals surface area contributed by atoms with E-state index in [1.807, 2.05) is 0 Å². The van der Waals surface area contributed by atoms with Gasteiger partial charge in [-0.1, -0.05) is 0 Å². The SMILES string of the molecule is Cn1nnc(CC(=O)c2c(F)cc(F)cc2F)n1. The number of hydrogen-bond donors (Lipinski definition) is 0. The van der Waals surface area contributed by atoms with Crippen LogP contribution >= 0.6 is 0 Å². The van der Waals surface area contributed by atoms with Crippen LogP contribution in [-0.2, 0) is 13.5 Å². The van der Waals surface area contributed by atoms with Crippen molar-refractivity contribution in [3.8, 4) is 0 Å². The normalized spacial score (nSPS) is 10.7.